The molecule has 0 unspecified atom stereocenters. The van der Waals surface area contributed by atoms with Gasteiger partial charge in [-0.15, -0.1) is 0 Å². The Morgan fingerprint density at radius 1 is 1.26 bits per heavy atom. The Kier molecular flexibility index (Phi) is 4.77. The summed E-state index contributed by atoms with van der Waals surface area (Å²) < 4.78 is 32.4. The molecule has 2 heterocycles. The van der Waals surface area contributed by atoms with Crippen molar-refractivity contribution in [2.45, 2.75) is 18.6 Å². The van der Waals surface area contributed by atoms with Crippen molar-refractivity contribution in [2.75, 3.05) is 44.7 Å². The van der Waals surface area contributed by atoms with Crippen molar-refractivity contribution >= 4 is 11.6 Å². The smallest absolute Gasteiger partial charge is 0.239 e. The Labute approximate surface area is 134 Å². The summed E-state index contributed by atoms with van der Waals surface area (Å²) in [6, 6.07) is 3.96. The molecule has 0 radical (unpaired) electrons. The third-order valence-corrected chi connectivity index (χ3v) is 4.59. The minimum absolute atomic E-state index is 0.0592. The second-order valence-electron chi connectivity index (χ2n) is 5.94. The van der Waals surface area contributed by atoms with Gasteiger partial charge < -0.3 is 19.9 Å². The first-order chi connectivity index (χ1) is 11.1. The molecular formula is C16H21F2N3O2. The van der Waals surface area contributed by atoms with Gasteiger partial charge in [0.25, 0.3) is 0 Å². The van der Waals surface area contributed by atoms with Crippen LogP contribution in [0.15, 0.2) is 18.2 Å². The van der Waals surface area contributed by atoms with Crippen molar-refractivity contribution < 1.29 is 18.3 Å². The van der Waals surface area contributed by atoms with Gasteiger partial charge in [-0.2, -0.15) is 0 Å². The SMILES string of the molecule is CO[C@@H]1CN[C@H](C(=O)N2CCN(c3cccc(F)c3F)CC2)C1. The molecule has 1 amide bonds. The number of nitrogens with one attached hydrogen (secondary N) is 1. The van der Waals surface area contributed by atoms with E-state index in [9.17, 15) is 13.6 Å². The van der Waals surface area contributed by atoms with Gasteiger partial charge in [-0.25, -0.2) is 8.78 Å². The van der Waals surface area contributed by atoms with Crippen LogP contribution >= 0.6 is 0 Å². The summed E-state index contributed by atoms with van der Waals surface area (Å²) in [6.07, 6.45) is 0.750. The van der Waals surface area contributed by atoms with Crippen LogP contribution in [0.1, 0.15) is 6.42 Å². The van der Waals surface area contributed by atoms with E-state index in [0.29, 0.717) is 39.1 Å². The van der Waals surface area contributed by atoms with Gasteiger partial charge in [-0.1, -0.05) is 6.07 Å². The van der Waals surface area contributed by atoms with Crippen molar-refractivity contribution in [3.05, 3.63) is 29.8 Å². The molecule has 0 aliphatic carbocycles. The molecule has 1 aromatic rings. The highest BCUT2D eigenvalue weighted by molar-refractivity contribution is 5.82. The van der Waals surface area contributed by atoms with Crippen molar-refractivity contribution in [1.29, 1.82) is 0 Å². The number of carbonyl (C=O) groups excluding carboxylic acids is 1. The second kappa shape index (κ2) is 6.80. The normalized spacial score (nSPS) is 25.0. The number of ether oxygens (including phenoxy) is 1. The summed E-state index contributed by atoms with van der Waals surface area (Å²) in [5.74, 6) is -1.61. The molecular weight excluding hydrogens is 304 g/mol. The molecule has 0 bridgehead atoms. The number of benzene rings is 1. The fourth-order valence-electron chi connectivity index (χ4n) is 3.20. The van der Waals surface area contributed by atoms with Crippen LogP contribution in [0, 0.1) is 11.6 Å². The lowest BCUT2D eigenvalue weighted by atomic mass is 10.1. The molecule has 2 aliphatic heterocycles. The number of anilines is 1. The van der Waals surface area contributed by atoms with E-state index in [-0.39, 0.29) is 23.7 Å². The number of piperazine rings is 1. The Balaban J connectivity index is 1.58. The quantitative estimate of drug-likeness (QED) is 0.900. The molecule has 2 saturated heterocycles. The van der Waals surface area contributed by atoms with Crippen LogP contribution in [0.4, 0.5) is 14.5 Å². The average Bonchev–Trinajstić information content (AvgIpc) is 3.06. The molecule has 1 aromatic carbocycles. The van der Waals surface area contributed by atoms with E-state index in [0.717, 1.165) is 6.07 Å². The van der Waals surface area contributed by atoms with Crippen LogP contribution in [0.3, 0.4) is 0 Å². The number of halogens is 2. The third kappa shape index (κ3) is 3.30. The lowest BCUT2D eigenvalue weighted by Gasteiger charge is -2.37. The minimum Gasteiger partial charge on any atom is -0.380 e. The zero-order valence-electron chi connectivity index (χ0n) is 13.1. The zero-order valence-corrected chi connectivity index (χ0v) is 13.1. The van der Waals surface area contributed by atoms with E-state index in [1.807, 2.05) is 0 Å². The van der Waals surface area contributed by atoms with Gasteiger partial charge in [0.1, 0.15) is 0 Å². The van der Waals surface area contributed by atoms with Gasteiger partial charge >= 0.3 is 0 Å². The number of hydrogen-bond donors (Lipinski definition) is 1. The molecule has 7 heteroatoms. The fraction of sp³-hybridized carbons (Fsp3) is 0.562. The number of rotatable bonds is 3. The zero-order chi connectivity index (χ0) is 16.4. The molecule has 3 rings (SSSR count). The molecule has 23 heavy (non-hydrogen) atoms. The van der Waals surface area contributed by atoms with E-state index >= 15 is 0 Å². The maximum atomic E-state index is 13.8. The predicted molar refractivity (Wildman–Crippen MR) is 82.4 cm³/mol. The largest absolute Gasteiger partial charge is 0.380 e. The predicted octanol–water partition coefficient (Wildman–Crippen LogP) is 0.990. The highest BCUT2D eigenvalue weighted by Crippen LogP contribution is 2.23. The minimum atomic E-state index is -0.846. The Morgan fingerprint density at radius 2 is 2.00 bits per heavy atom. The molecule has 2 atom stereocenters. The van der Waals surface area contributed by atoms with Gasteiger partial charge in [0, 0.05) is 39.8 Å². The van der Waals surface area contributed by atoms with Crippen LogP contribution in [0.2, 0.25) is 0 Å². The number of amides is 1. The summed E-state index contributed by atoms with van der Waals surface area (Å²) >= 11 is 0. The van der Waals surface area contributed by atoms with Crippen LogP contribution in [0.25, 0.3) is 0 Å². The molecule has 0 saturated carbocycles. The number of carbonyl (C=O) groups is 1. The van der Waals surface area contributed by atoms with Crippen LogP contribution in [-0.4, -0.2) is 62.8 Å². The third-order valence-electron chi connectivity index (χ3n) is 4.59. The first kappa shape index (κ1) is 16.1. The van der Waals surface area contributed by atoms with Crippen LogP contribution in [-0.2, 0) is 9.53 Å². The van der Waals surface area contributed by atoms with E-state index in [2.05, 4.69) is 5.32 Å². The Morgan fingerprint density at radius 3 is 2.65 bits per heavy atom. The first-order valence-electron chi connectivity index (χ1n) is 7.84. The number of nitrogens with zero attached hydrogens (tertiary/aromatic N) is 2. The van der Waals surface area contributed by atoms with E-state index in [1.54, 1.807) is 23.0 Å². The maximum absolute atomic E-state index is 13.8. The summed E-state index contributed by atoms with van der Waals surface area (Å²) in [7, 11) is 1.64. The monoisotopic (exact) mass is 325 g/mol. The van der Waals surface area contributed by atoms with Gasteiger partial charge in [0.15, 0.2) is 11.6 Å². The van der Waals surface area contributed by atoms with E-state index in [4.69, 9.17) is 4.74 Å². The molecule has 0 spiro atoms. The molecule has 126 valence electrons. The number of hydrogen-bond acceptors (Lipinski definition) is 4. The Hall–Kier alpha value is -1.73. The summed E-state index contributed by atoms with van der Waals surface area (Å²) in [4.78, 5) is 16.0. The molecule has 2 fully saturated rings. The number of methoxy groups -OCH3 is 1. The van der Waals surface area contributed by atoms with Crippen molar-refractivity contribution in [3.8, 4) is 0 Å². The first-order valence-corrected chi connectivity index (χ1v) is 7.84. The summed E-state index contributed by atoms with van der Waals surface area (Å²) in [6.45, 7) is 2.68. The van der Waals surface area contributed by atoms with Crippen molar-refractivity contribution in [1.82, 2.24) is 10.2 Å². The van der Waals surface area contributed by atoms with Crippen molar-refractivity contribution in [2.24, 2.45) is 0 Å². The van der Waals surface area contributed by atoms with Gasteiger partial charge in [-0.3, -0.25) is 4.79 Å². The summed E-state index contributed by atoms with van der Waals surface area (Å²) in [5, 5.41) is 3.17. The topological polar surface area (TPSA) is 44.8 Å². The van der Waals surface area contributed by atoms with Crippen molar-refractivity contribution in [3.63, 3.8) is 0 Å². The van der Waals surface area contributed by atoms with E-state index in [1.165, 1.54) is 6.07 Å². The highest BCUT2D eigenvalue weighted by Gasteiger charge is 2.33. The second-order valence-corrected chi connectivity index (χ2v) is 5.94. The van der Waals surface area contributed by atoms with Crippen LogP contribution in [0.5, 0.6) is 0 Å². The van der Waals surface area contributed by atoms with Crippen LogP contribution < -0.4 is 10.2 Å². The van der Waals surface area contributed by atoms with Gasteiger partial charge in [0.05, 0.1) is 17.8 Å². The standard InChI is InChI=1S/C16H21F2N3O2/c1-23-11-9-13(19-10-11)16(22)21-7-5-20(6-8-21)14-4-2-3-12(17)15(14)18/h2-4,11,13,19H,5-10H2,1H3/t11-,13-/m0/s1. The van der Waals surface area contributed by atoms with E-state index < -0.39 is 11.6 Å². The fourth-order valence-corrected chi connectivity index (χ4v) is 3.20. The summed E-state index contributed by atoms with van der Waals surface area (Å²) in [5.41, 5.74) is 0.260. The Bertz CT molecular complexity index is 576. The lowest BCUT2D eigenvalue weighted by Crippen LogP contribution is -2.53. The highest BCUT2D eigenvalue weighted by atomic mass is 19.2. The molecule has 2 aliphatic rings. The van der Waals surface area contributed by atoms with Gasteiger partial charge in [-0.05, 0) is 18.6 Å². The lowest BCUT2D eigenvalue weighted by molar-refractivity contribution is -0.133. The molecule has 0 aromatic heterocycles. The molecule has 5 nitrogen and oxygen atoms in total. The maximum Gasteiger partial charge on any atom is 0.239 e. The molecule has 1 N–H and O–H groups in total. The average molecular weight is 325 g/mol. The van der Waals surface area contributed by atoms with Gasteiger partial charge in [0.2, 0.25) is 5.91 Å².